The number of hydrogen-bond donors (Lipinski definition) is 2. The van der Waals surface area contributed by atoms with Gasteiger partial charge in [-0.1, -0.05) is 6.58 Å². The molecule has 0 aliphatic rings. The molecular weight excluding hydrogens is 347 g/mol. The number of carbonyl (C=O) groups excluding carboxylic acids is 1. The van der Waals surface area contributed by atoms with Gasteiger partial charge in [-0.25, -0.2) is 8.42 Å². The van der Waals surface area contributed by atoms with Crippen molar-refractivity contribution < 1.29 is 26.4 Å². The quantitative estimate of drug-likeness (QED) is 0.814. The minimum Gasteiger partial charge on any atom is -0.326 e. The fourth-order valence-corrected chi connectivity index (χ4v) is 2.27. The van der Waals surface area contributed by atoms with Gasteiger partial charge in [0, 0.05) is 12.1 Å². The number of halogens is 3. The highest BCUT2D eigenvalue weighted by Crippen LogP contribution is 2.32. The fourth-order valence-electron chi connectivity index (χ4n) is 1.69. The van der Waals surface area contributed by atoms with Crippen molar-refractivity contribution in [1.29, 1.82) is 5.26 Å². The van der Waals surface area contributed by atoms with Gasteiger partial charge in [-0.3, -0.25) is 9.52 Å². The van der Waals surface area contributed by atoms with Crippen LogP contribution < -0.4 is 10.0 Å². The van der Waals surface area contributed by atoms with Crippen LogP contribution in [-0.2, 0) is 16.2 Å². The van der Waals surface area contributed by atoms with Crippen LogP contribution in [0.15, 0.2) is 30.5 Å². The van der Waals surface area contributed by atoms with Crippen LogP contribution in [0.5, 0.6) is 0 Å². The summed E-state index contributed by atoms with van der Waals surface area (Å²) in [4.78, 5) is 12.1. The van der Waals surface area contributed by atoms with Gasteiger partial charge in [-0.15, -0.1) is 0 Å². The molecule has 0 saturated heterocycles. The number of carbonyl (C=O) groups is 1. The number of alkyl halides is 3. The molecule has 0 unspecified atom stereocenters. The van der Waals surface area contributed by atoms with E-state index in [1.807, 2.05) is 10.8 Å². The minimum absolute atomic E-state index is 0.0656. The topological polar surface area (TPSA) is 99.1 Å². The maximum atomic E-state index is 12.8. The summed E-state index contributed by atoms with van der Waals surface area (Å²) in [6.45, 7) is 3.49. The Morgan fingerprint density at radius 3 is 2.50 bits per heavy atom. The molecule has 1 rings (SSSR count). The molecule has 1 amide bonds. The Morgan fingerprint density at radius 1 is 1.38 bits per heavy atom. The number of sulfonamides is 1. The number of anilines is 1. The maximum Gasteiger partial charge on any atom is 0.416 e. The van der Waals surface area contributed by atoms with Gasteiger partial charge in [0.15, 0.2) is 0 Å². The number of nitrogens with zero attached hydrogens (tertiary/aromatic N) is 1. The van der Waals surface area contributed by atoms with Gasteiger partial charge in [0.2, 0.25) is 10.0 Å². The Morgan fingerprint density at radius 2 is 2.00 bits per heavy atom. The maximum absolute atomic E-state index is 12.8. The number of hydrogen-bond acceptors (Lipinski definition) is 4. The minimum atomic E-state index is -4.70. The molecule has 0 bridgehead atoms. The molecular formula is C14H14F3N3O3S. The van der Waals surface area contributed by atoms with Gasteiger partial charge in [-0.05, 0) is 24.6 Å². The lowest BCUT2D eigenvalue weighted by Crippen LogP contribution is -2.25. The second-order valence-electron chi connectivity index (χ2n) is 4.85. The molecule has 0 radical (unpaired) electrons. The summed E-state index contributed by atoms with van der Waals surface area (Å²) in [6.07, 6.45) is -3.71. The first-order valence-electron chi connectivity index (χ1n) is 6.49. The lowest BCUT2D eigenvalue weighted by Gasteiger charge is -2.15. The van der Waals surface area contributed by atoms with E-state index in [1.54, 1.807) is 0 Å². The van der Waals surface area contributed by atoms with Gasteiger partial charge in [0.05, 0.1) is 29.1 Å². The summed E-state index contributed by atoms with van der Waals surface area (Å²) in [5.41, 5.74) is -1.77. The van der Waals surface area contributed by atoms with Crippen LogP contribution in [-0.4, -0.2) is 20.6 Å². The summed E-state index contributed by atoms with van der Waals surface area (Å²) in [6, 6.07) is 3.89. The third kappa shape index (κ3) is 5.92. The smallest absolute Gasteiger partial charge is 0.326 e. The van der Waals surface area contributed by atoms with E-state index in [2.05, 4.69) is 11.9 Å². The second kappa shape index (κ2) is 7.35. The van der Waals surface area contributed by atoms with E-state index >= 15 is 0 Å². The molecule has 1 aromatic rings. The van der Waals surface area contributed by atoms with Gasteiger partial charge in [0.1, 0.15) is 0 Å². The van der Waals surface area contributed by atoms with Gasteiger partial charge < -0.3 is 5.32 Å². The Hall–Kier alpha value is -2.54. The molecule has 24 heavy (non-hydrogen) atoms. The molecule has 0 aliphatic carbocycles. The SMILES string of the molecule is C=C(CCC#N)NC(=O)c1cc(C(F)(F)F)ccc1NS(C)(=O)=O. The van der Waals surface area contributed by atoms with E-state index in [1.165, 1.54) is 0 Å². The standard InChI is InChI=1S/C14H14F3N3O3S/c1-9(4-3-7-18)19-13(21)11-8-10(14(15,16)17)5-6-12(11)20-24(2,22)23/h5-6,8,20H,1,3-4H2,2H3,(H,19,21). The Kier molecular flexibility index (Phi) is 5.98. The third-order valence-electron chi connectivity index (χ3n) is 2.72. The first-order chi connectivity index (χ1) is 10.9. The van der Waals surface area contributed by atoms with Gasteiger partial charge >= 0.3 is 6.18 Å². The largest absolute Gasteiger partial charge is 0.416 e. The van der Waals surface area contributed by atoms with Crippen molar-refractivity contribution in [3.05, 3.63) is 41.6 Å². The highest BCUT2D eigenvalue weighted by Gasteiger charge is 2.32. The van der Waals surface area contributed by atoms with Crippen LogP contribution in [0.1, 0.15) is 28.8 Å². The molecule has 0 saturated carbocycles. The third-order valence-corrected chi connectivity index (χ3v) is 3.31. The zero-order valence-corrected chi connectivity index (χ0v) is 13.4. The van der Waals surface area contributed by atoms with E-state index in [0.29, 0.717) is 12.1 Å². The van der Waals surface area contributed by atoms with Crippen molar-refractivity contribution in [1.82, 2.24) is 5.32 Å². The monoisotopic (exact) mass is 361 g/mol. The number of allylic oxidation sites excluding steroid dienone is 1. The van der Waals surface area contributed by atoms with E-state index in [-0.39, 0.29) is 24.2 Å². The summed E-state index contributed by atoms with van der Waals surface area (Å²) in [5.74, 6) is -0.963. The van der Waals surface area contributed by atoms with Crippen molar-refractivity contribution in [2.45, 2.75) is 19.0 Å². The average Bonchev–Trinajstić information content (AvgIpc) is 2.42. The van der Waals surface area contributed by atoms with Gasteiger partial charge in [0.25, 0.3) is 5.91 Å². The normalized spacial score (nSPS) is 11.5. The molecule has 1 aromatic carbocycles. The first-order valence-corrected chi connectivity index (χ1v) is 8.38. The van der Waals surface area contributed by atoms with Crippen LogP contribution in [0.25, 0.3) is 0 Å². The van der Waals surface area contributed by atoms with E-state index < -0.39 is 33.2 Å². The molecule has 0 aromatic heterocycles. The van der Waals surface area contributed by atoms with Crippen molar-refractivity contribution in [3.8, 4) is 6.07 Å². The van der Waals surface area contributed by atoms with Crippen LogP contribution in [0.2, 0.25) is 0 Å². The number of nitrogens with one attached hydrogen (secondary N) is 2. The number of amides is 1. The van der Waals surface area contributed by atoms with Crippen LogP contribution in [0.3, 0.4) is 0 Å². The Labute approximate surface area is 137 Å². The number of benzene rings is 1. The molecule has 0 fully saturated rings. The predicted molar refractivity (Wildman–Crippen MR) is 81.4 cm³/mol. The molecule has 0 heterocycles. The molecule has 0 atom stereocenters. The molecule has 6 nitrogen and oxygen atoms in total. The highest BCUT2D eigenvalue weighted by molar-refractivity contribution is 7.92. The summed E-state index contributed by atoms with van der Waals surface area (Å²) >= 11 is 0. The lowest BCUT2D eigenvalue weighted by molar-refractivity contribution is -0.137. The summed E-state index contributed by atoms with van der Waals surface area (Å²) in [7, 11) is -3.80. The van der Waals surface area contributed by atoms with Crippen molar-refractivity contribution in [2.75, 3.05) is 11.0 Å². The fraction of sp³-hybridized carbons (Fsp3) is 0.286. The second-order valence-corrected chi connectivity index (χ2v) is 6.60. The average molecular weight is 361 g/mol. The zero-order valence-electron chi connectivity index (χ0n) is 12.6. The van der Waals surface area contributed by atoms with Crippen molar-refractivity contribution >= 4 is 21.6 Å². The highest BCUT2D eigenvalue weighted by atomic mass is 32.2. The predicted octanol–water partition coefficient (Wildman–Crippen LogP) is 2.62. The molecule has 2 N–H and O–H groups in total. The molecule has 10 heteroatoms. The number of nitriles is 1. The Bertz CT molecular complexity index is 796. The number of rotatable bonds is 6. The van der Waals surface area contributed by atoms with Gasteiger partial charge in [-0.2, -0.15) is 18.4 Å². The van der Waals surface area contributed by atoms with Crippen LogP contribution in [0, 0.1) is 11.3 Å². The summed E-state index contributed by atoms with van der Waals surface area (Å²) in [5, 5.41) is 10.7. The van der Waals surface area contributed by atoms with Crippen molar-refractivity contribution in [3.63, 3.8) is 0 Å². The van der Waals surface area contributed by atoms with Crippen molar-refractivity contribution in [2.24, 2.45) is 0 Å². The molecule has 0 aliphatic heterocycles. The first kappa shape index (κ1) is 19.5. The van der Waals surface area contributed by atoms with E-state index in [0.717, 1.165) is 12.3 Å². The van der Waals surface area contributed by atoms with Crippen LogP contribution >= 0.6 is 0 Å². The van der Waals surface area contributed by atoms with E-state index in [9.17, 15) is 26.4 Å². The van der Waals surface area contributed by atoms with E-state index in [4.69, 9.17) is 5.26 Å². The summed E-state index contributed by atoms with van der Waals surface area (Å²) < 4.78 is 63.0. The van der Waals surface area contributed by atoms with Crippen LogP contribution in [0.4, 0.5) is 18.9 Å². The lowest BCUT2D eigenvalue weighted by atomic mass is 10.1. The Balaban J connectivity index is 3.22. The molecule has 0 spiro atoms. The molecule has 130 valence electrons. The zero-order chi connectivity index (χ0) is 18.5.